The third-order valence-electron chi connectivity index (χ3n) is 15.2. The van der Waals surface area contributed by atoms with Gasteiger partial charge in [-0.05, 0) is 147 Å². The van der Waals surface area contributed by atoms with Crippen LogP contribution in [0, 0.1) is 0 Å². The number of fused-ring (bicyclic) bond motifs is 6. The molecule has 0 N–H and O–H groups in total. The topological polar surface area (TPSA) is 0 Å². The normalized spacial score (nSPS) is 13.3. The average molecular weight is 937 g/mol. The molecule has 12 rings (SSSR count). The molecule has 0 spiro atoms. The number of hydrogen-bond donors (Lipinski definition) is 0. The fourth-order valence-electron chi connectivity index (χ4n) is 11.1. The van der Waals surface area contributed by atoms with Gasteiger partial charge in [0.2, 0.25) is 6.71 Å². The highest BCUT2D eigenvalue weighted by Crippen LogP contribution is 2.48. The highest BCUT2D eigenvalue weighted by molar-refractivity contribution is 8.01. The minimum atomic E-state index is -0.147. The zero-order valence-electron chi connectivity index (χ0n) is 41.4. The molecule has 3 heteroatoms. The first kappa shape index (κ1) is 44.7. The van der Waals surface area contributed by atoms with Crippen molar-refractivity contribution in [3.05, 3.63) is 222 Å². The average Bonchev–Trinajstić information content (AvgIpc) is 3.37. The van der Waals surface area contributed by atoms with Gasteiger partial charge in [-0.2, -0.15) is 0 Å². The summed E-state index contributed by atoms with van der Waals surface area (Å²) in [6, 6.07) is 76.4. The molecule has 0 bridgehead atoms. The standard InChI is InChI=1S/C67H57BS2/c1-65(2,3)50-36-45(37-51(40-50)66(4,5)6)43-33-44(35-47(34-43)63-54-27-17-15-25-52(54)62(42-21-11-9-12-22-42)53-26-16-18-28-55(53)63)46-38-60-64-61(39-46)70-59-41-49(67(7,8)48-23-13-10-14-24-48)31-32-57(59)68(64)56-29-19-20-30-58(56)69-60/h9-41H,1-8H3. The molecule has 2 aliphatic rings. The summed E-state index contributed by atoms with van der Waals surface area (Å²) in [6.07, 6.45) is 0. The van der Waals surface area contributed by atoms with Crippen molar-refractivity contribution in [2.45, 2.75) is 91.2 Å². The van der Waals surface area contributed by atoms with Crippen LogP contribution < -0.4 is 16.4 Å². The van der Waals surface area contributed by atoms with E-state index in [4.69, 9.17) is 0 Å². The first-order valence-electron chi connectivity index (χ1n) is 24.8. The maximum Gasteiger partial charge on any atom is 0.247 e. The van der Waals surface area contributed by atoms with E-state index in [-0.39, 0.29) is 23.0 Å². The zero-order chi connectivity index (χ0) is 48.1. The van der Waals surface area contributed by atoms with Crippen molar-refractivity contribution in [2.24, 2.45) is 0 Å². The van der Waals surface area contributed by atoms with Crippen LogP contribution in [-0.2, 0) is 16.2 Å². The Morgan fingerprint density at radius 1 is 0.300 bits per heavy atom. The largest absolute Gasteiger partial charge is 0.247 e. The van der Waals surface area contributed by atoms with Crippen LogP contribution in [0.5, 0.6) is 0 Å². The minimum absolute atomic E-state index is 0.0228. The van der Waals surface area contributed by atoms with Crippen LogP contribution in [0.3, 0.4) is 0 Å². The van der Waals surface area contributed by atoms with Gasteiger partial charge in [0.1, 0.15) is 0 Å². The Morgan fingerprint density at radius 3 is 1.31 bits per heavy atom. The second-order valence-corrected chi connectivity index (χ2v) is 24.3. The van der Waals surface area contributed by atoms with Crippen molar-refractivity contribution in [1.82, 2.24) is 0 Å². The van der Waals surface area contributed by atoms with Crippen LogP contribution in [0.25, 0.3) is 66.1 Å². The van der Waals surface area contributed by atoms with Crippen molar-refractivity contribution in [3.63, 3.8) is 0 Å². The molecule has 0 radical (unpaired) electrons. The minimum Gasteiger partial charge on any atom is -0.0911 e. The zero-order valence-corrected chi connectivity index (χ0v) is 43.1. The molecule has 0 unspecified atom stereocenters. The van der Waals surface area contributed by atoms with Crippen LogP contribution in [0.4, 0.5) is 0 Å². The molecule has 70 heavy (non-hydrogen) atoms. The molecular formula is C67H57BS2. The Bertz CT molecular complexity index is 3610. The van der Waals surface area contributed by atoms with Gasteiger partial charge in [-0.1, -0.05) is 248 Å². The first-order valence-corrected chi connectivity index (χ1v) is 26.5. The molecule has 2 aliphatic heterocycles. The lowest BCUT2D eigenvalue weighted by atomic mass is 9.36. The van der Waals surface area contributed by atoms with Crippen molar-refractivity contribution in [1.29, 1.82) is 0 Å². The lowest BCUT2D eigenvalue weighted by molar-refractivity contribution is 0.569. The number of rotatable bonds is 6. The van der Waals surface area contributed by atoms with Crippen molar-refractivity contribution < 1.29 is 0 Å². The van der Waals surface area contributed by atoms with Crippen LogP contribution in [0.2, 0.25) is 0 Å². The van der Waals surface area contributed by atoms with Crippen LogP contribution >= 0.6 is 23.5 Å². The molecule has 0 aliphatic carbocycles. The Hall–Kier alpha value is -6.52. The van der Waals surface area contributed by atoms with E-state index < -0.39 is 0 Å². The number of hydrogen-bond acceptors (Lipinski definition) is 2. The summed E-state index contributed by atoms with van der Waals surface area (Å²) in [6.45, 7) is 19.0. The van der Waals surface area contributed by atoms with Crippen LogP contribution in [0.1, 0.15) is 77.6 Å². The van der Waals surface area contributed by atoms with Crippen LogP contribution in [0.15, 0.2) is 220 Å². The van der Waals surface area contributed by atoms with E-state index >= 15 is 0 Å². The maximum absolute atomic E-state index is 2.52. The Morgan fingerprint density at radius 2 is 0.743 bits per heavy atom. The van der Waals surface area contributed by atoms with Gasteiger partial charge in [0, 0.05) is 25.0 Å². The summed E-state index contributed by atoms with van der Waals surface area (Å²) < 4.78 is 0. The molecule has 0 atom stereocenters. The van der Waals surface area contributed by atoms with Gasteiger partial charge in [-0.3, -0.25) is 0 Å². The Labute approximate surface area is 423 Å². The van der Waals surface area contributed by atoms with Crippen molar-refractivity contribution in [3.8, 4) is 44.5 Å². The molecule has 10 aromatic carbocycles. The molecular weight excluding hydrogens is 880 g/mol. The highest BCUT2D eigenvalue weighted by atomic mass is 32.2. The molecule has 340 valence electrons. The van der Waals surface area contributed by atoms with Gasteiger partial charge >= 0.3 is 0 Å². The second-order valence-electron chi connectivity index (χ2n) is 22.1. The van der Waals surface area contributed by atoms with E-state index in [1.807, 2.05) is 23.5 Å². The molecule has 0 nitrogen and oxygen atoms in total. The summed E-state index contributed by atoms with van der Waals surface area (Å²) in [4.78, 5) is 5.39. The predicted molar refractivity (Wildman–Crippen MR) is 305 cm³/mol. The fraction of sp³-hybridized carbons (Fsp3) is 0.164. The van der Waals surface area contributed by atoms with E-state index in [2.05, 4.69) is 256 Å². The van der Waals surface area contributed by atoms with Gasteiger partial charge in [0.05, 0.1) is 0 Å². The summed E-state index contributed by atoms with van der Waals surface area (Å²) in [5, 5.41) is 5.06. The van der Waals surface area contributed by atoms with Crippen LogP contribution in [-0.4, -0.2) is 6.71 Å². The Balaban J connectivity index is 1.11. The smallest absolute Gasteiger partial charge is 0.0911 e. The van der Waals surface area contributed by atoms with Gasteiger partial charge in [-0.15, -0.1) is 0 Å². The Kier molecular flexibility index (Phi) is 10.7. The lowest BCUT2D eigenvalue weighted by Crippen LogP contribution is -2.58. The monoisotopic (exact) mass is 936 g/mol. The van der Waals surface area contributed by atoms with Crippen molar-refractivity contribution >= 4 is 68.2 Å². The summed E-state index contributed by atoms with van der Waals surface area (Å²) >= 11 is 3.90. The molecule has 10 aromatic rings. The molecule has 0 amide bonds. The quantitative estimate of drug-likeness (QED) is 0.120. The molecule has 0 saturated heterocycles. The molecule has 0 aromatic heterocycles. The molecule has 0 saturated carbocycles. The number of benzene rings is 10. The molecule has 0 fully saturated rings. The third-order valence-corrected chi connectivity index (χ3v) is 17.4. The van der Waals surface area contributed by atoms with E-state index in [0.717, 1.165) is 0 Å². The van der Waals surface area contributed by atoms with Gasteiger partial charge in [0.15, 0.2) is 0 Å². The van der Waals surface area contributed by atoms with E-state index in [1.54, 1.807) is 0 Å². The maximum atomic E-state index is 2.52. The fourth-order valence-corrected chi connectivity index (χ4v) is 13.7. The van der Waals surface area contributed by atoms with Crippen molar-refractivity contribution in [2.75, 3.05) is 0 Å². The van der Waals surface area contributed by atoms with Gasteiger partial charge < -0.3 is 0 Å². The lowest BCUT2D eigenvalue weighted by Gasteiger charge is -2.34. The van der Waals surface area contributed by atoms with E-state index in [9.17, 15) is 0 Å². The summed E-state index contributed by atoms with van der Waals surface area (Å²) in [5.41, 5.74) is 19.4. The summed E-state index contributed by atoms with van der Waals surface area (Å²) in [5.74, 6) is 0. The SMILES string of the molecule is CC(C)(C)c1cc(-c2cc(-c3cc4c5c(c3)Sc3cc(C(C)(C)c6ccccc6)ccc3B5c3ccccc3S4)cc(-c3c4ccccc4c(-c4ccccc4)c4ccccc34)c2)cc(C(C)(C)C)c1. The highest BCUT2D eigenvalue weighted by Gasteiger charge is 2.39. The van der Waals surface area contributed by atoms with E-state index in [0.29, 0.717) is 0 Å². The summed E-state index contributed by atoms with van der Waals surface area (Å²) in [7, 11) is 0. The van der Waals surface area contributed by atoms with E-state index in [1.165, 1.54) is 124 Å². The first-order chi connectivity index (χ1) is 33.7. The van der Waals surface area contributed by atoms with Gasteiger partial charge in [0.25, 0.3) is 0 Å². The third kappa shape index (κ3) is 7.65. The van der Waals surface area contributed by atoms with Gasteiger partial charge in [-0.25, -0.2) is 0 Å². The second kappa shape index (κ2) is 16.8. The predicted octanol–water partition coefficient (Wildman–Crippen LogP) is 17.0. The molecule has 2 heterocycles.